The Labute approximate surface area is 165 Å². The van der Waals surface area contributed by atoms with E-state index in [1.54, 1.807) is 0 Å². The molecule has 0 aromatic rings. The van der Waals surface area contributed by atoms with Crippen molar-refractivity contribution in [3.8, 4) is 0 Å². The highest BCUT2D eigenvalue weighted by atomic mass is 15.3. The minimum atomic E-state index is 1.08. The Morgan fingerprint density at radius 1 is 0.577 bits per heavy atom. The number of nitrogens with zero attached hydrogens (tertiary/aromatic N) is 1. The number of rotatable bonds is 15. The van der Waals surface area contributed by atoms with E-state index < -0.39 is 0 Å². The van der Waals surface area contributed by atoms with Gasteiger partial charge in [0.15, 0.2) is 0 Å². The van der Waals surface area contributed by atoms with Gasteiger partial charge in [-0.3, -0.25) is 0 Å². The van der Waals surface area contributed by atoms with Crippen LogP contribution >= 0.6 is 0 Å². The van der Waals surface area contributed by atoms with Gasteiger partial charge in [-0.2, -0.15) is 0 Å². The molecule has 0 spiro atoms. The second kappa shape index (κ2) is 13.2. The average Bonchev–Trinajstić information content (AvgIpc) is 2.98. The number of likely N-dealkylation sites (tertiary alicyclic amines) is 1. The van der Waals surface area contributed by atoms with Crippen LogP contribution in [0.1, 0.15) is 122 Å². The molecule has 0 bridgehead atoms. The van der Waals surface area contributed by atoms with E-state index in [1.807, 2.05) is 0 Å². The van der Waals surface area contributed by atoms with Crippen LogP contribution in [0, 0.1) is 11.8 Å². The Hall–Kier alpha value is -0.0400. The van der Waals surface area contributed by atoms with Gasteiger partial charge in [-0.25, -0.2) is 0 Å². The Kier molecular flexibility index (Phi) is 11.3. The molecule has 2 aliphatic rings. The van der Waals surface area contributed by atoms with Crippen LogP contribution in [0.15, 0.2) is 0 Å². The third kappa shape index (κ3) is 8.77. The molecule has 0 aromatic carbocycles. The summed E-state index contributed by atoms with van der Waals surface area (Å²) in [5, 5.41) is 0. The Morgan fingerprint density at radius 2 is 0.962 bits per heavy atom. The summed E-state index contributed by atoms with van der Waals surface area (Å²) in [6, 6.07) is 0. The summed E-state index contributed by atoms with van der Waals surface area (Å²) in [6.07, 6.45) is 26.8. The lowest BCUT2D eigenvalue weighted by Crippen LogP contribution is -2.42. The van der Waals surface area contributed by atoms with E-state index in [9.17, 15) is 0 Å². The molecule has 154 valence electrons. The smallest absolute Gasteiger partial charge is 0.0818 e. The van der Waals surface area contributed by atoms with E-state index in [4.69, 9.17) is 0 Å². The van der Waals surface area contributed by atoms with Gasteiger partial charge in [0.2, 0.25) is 0 Å². The standard InChI is InChI=1S/C25H50N/c1-3-4-5-6-7-8-9-10-11-12-13-14-15-18-21-26(2)22-24-19-16-17-20-25(24)23-26/h24-25H,3-23H2,1-2H3/q+1/t24-,25-/m0/s1. The lowest BCUT2D eigenvalue weighted by atomic mass is 9.82. The largest absolute Gasteiger partial charge is 0.326 e. The maximum atomic E-state index is 2.56. The van der Waals surface area contributed by atoms with Gasteiger partial charge in [0.05, 0.1) is 26.7 Å². The second-order valence-corrected chi connectivity index (χ2v) is 10.1. The van der Waals surface area contributed by atoms with E-state index in [2.05, 4.69) is 14.0 Å². The van der Waals surface area contributed by atoms with Crippen molar-refractivity contribution >= 4 is 0 Å². The van der Waals surface area contributed by atoms with Crippen molar-refractivity contribution in [1.82, 2.24) is 0 Å². The van der Waals surface area contributed by atoms with Gasteiger partial charge in [-0.15, -0.1) is 0 Å². The number of unbranched alkanes of at least 4 members (excludes halogenated alkanes) is 13. The molecule has 0 aromatic heterocycles. The highest BCUT2D eigenvalue weighted by Crippen LogP contribution is 2.39. The van der Waals surface area contributed by atoms with E-state index in [1.165, 1.54) is 140 Å². The van der Waals surface area contributed by atoms with Gasteiger partial charge in [0, 0.05) is 11.8 Å². The topological polar surface area (TPSA) is 0 Å². The van der Waals surface area contributed by atoms with Crippen LogP contribution in [-0.2, 0) is 0 Å². The molecule has 1 aliphatic carbocycles. The molecular formula is C25H50N+. The van der Waals surface area contributed by atoms with E-state index in [0.29, 0.717) is 0 Å². The summed E-state index contributed by atoms with van der Waals surface area (Å²) >= 11 is 0. The molecule has 0 unspecified atom stereocenters. The third-order valence-electron chi connectivity index (χ3n) is 7.47. The molecule has 0 N–H and O–H groups in total. The summed E-state index contributed by atoms with van der Waals surface area (Å²) < 4.78 is 1.41. The minimum Gasteiger partial charge on any atom is -0.326 e. The zero-order chi connectivity index (χ0) is 18.5. The van der Waals surface area contributed by atoms with Gasteiger partial charge in [-0.05, 0) is 25.7 Å². The van der Waals surface area contributed by atoms with Gasteiger partial charge >= 0.3 is 0 Å². The van der Waals surface area contributed by atoms with Gasteiger partial charge in [0.1, 0.15) is 0 Å². The zero-order valence-electron chi connectivity index (χ0n) is 18.5. The normalized spacial score (nSPS) is 24.7. The van der Waals surface area contributed by atoms with Crippen molar-refractivity contribution in [2.24, 2.45) is 11.8 Å². The average molecular weight is 365 g/mol. The Balaban J connectivity index is 1.34. The lowest BCUT2D eigenvalue weighted by molar-refractivity contribution is -0.900. The summed E-state index contributed by atoms with van der Waals surface area (Å²) in [5.74, 6) is 2.17. The molecule has 1 saturated carbocycles. The molecule has 1 nitrogen and oxygen atoms in total. The van der Waals surface area contributed by atoms with E-state index >= 15 is 0 Å². The fraction of sp³-hybridized carbons (Fsp3) is 1.00. The number of quaternary nitrogens is 1. The Bertz CT molecular complexity index is 323. The lowest BCUT2D eigenvalue weighted by Gasteiger charge is -2.30. The van der Waals surface area contributed by atoms with Crippen LogP contribution in [0.5, 0.6) is 0 Å². The van der Waals surface area contributed by atoms with Crippen LogP contribution in [-0.4, -0.2) is 31.2 Å². The molecular weight excluding hydrogens is 314 g/mol. The molecule has 1 heteroatoms. The predicted molar refractivity (Wildman–Crippen MR) is 117 cm³/mol. The summed E-state index contributed by atoms with van der Waals surface area (Å²) in [7, 11) is 2.56. The Morgan fingerprint density at radius 3 is 1.38 bits per heavy atom. The minimum absolute atomic E-state index is 1.08. The first-order valence-electron chi connectivity index (χ1n) is 12.6. The highest BCUT2D eigenvalue weighted by Gasteiger charge is 2.42. The van der Waals surface area contributed by atoms with Crippen molar-refractivity contribution in [2.45, 2.75) is 122 Å². The van der Waals surface area contributed by atoms with Crippen LogP contribution in [0.3, 0.4) is 0 Å². The van der Waals surface area contributed by atoms with Crippen LogP contribution in [0.2, 0.25) is 0 Å². The first-order valence-corrected chi connectivity index (χ1v) is 12.6. The van der Waals surface area contributed by atoms with Gasteiger partial charge in [0.25, 0.3) is 0 Å². The van der Waals surface area contributed by atoms with E-state index in [0.717, 1.165) is 11.8 Å². The van der Waals surface area contributed by atoms with Crippen molar-refractivity contribution in [3.63, 3.8) is 0 Å². The molecule has 2 rings (SSSR count). The fourth-order valence-corrected chi connectivity index (χ4v) is 5.84. The fourth-order valence-electron chi connectivity index (χ4n) is 5.84. The molecule has 2 atom stereocenters. The van der Waals surface area contributed by atoms with Crippen LogP contribution < -0.4 is 0 Å². The maximum absolute atomic E-state index is 2.56. The zero-order valence-corrected chi connectivity index (χ0v) is 18.5. The van der Waals surface area contributed by atoms with Gasteiger partial charge in [-0.1, -0.05) is 96.8 Å². The molecule has 0 amide bonds. The first-order chi connectivity index (χ1) is 12.7. The predicted octanol–water partition coefficient (Wildman–Crippen LogP) is 7.73. The highest BCUT2D eigenvalue weighted by molar-refractivity contribution is 4.80. The van der Waals surface area contributed by atoms with Crippen molar-refractivity contribution in [1.29, 1.82) is 0 Å². The summed E-state index contributed by atoms with van der Waals surface area (Å²) in [6.45, 7) is 6.77. The first kappa shape index (κ1) is 22.3. The van der Waals surface area contributed by atoms with Crippen molar-refractivity contribution in [2.75, 3.05) is 26.7 Å². The van der Waals surface area contributed by atoms with Crippen LogP contribution in [0.4, 0.5) is 0 Å². The van der Waals surface area contributed by atoms with Crippen molar-refractivity contribution < 1.29 is 4.48 Å². The number of hydrogen-bond donors (Lipinski definition) is 0. The molecule has 1 heterocycles. The SMILES string of the molecule is CCCCCCCCCCCCCCCC[N+]1(C)C[C@@H]2CCCC[C@H]2C1. The molecule has 26 heavy (non-hydrogen) atoms. The maximum Gasteiger partial charge on any atom is 0.0818 e. The summed E-state index contributed by atoms with van der Waals surface area (Å²) in [5.41, 5.74) is 0. The van der Waals surface area contributed by atoms with Gasteiger partial charge < -0.3 is 4.48 Å². The quantitative estimate of drug-likeness (QED) is 0.206. The van der Waals surface area contributed by atoms with Crippen LogP contribution in [0.25, 0.3) is 0 Å². The third-order valence-corrected chi connectivity index (χ3v) is 7.47. The monoisotopic (exact) mass is 364 g/mol. The molecule has 2 fully saturated rings. The molecule has 0 radical (unpaired) electrons. The summed E-state index contributed by atoms with van der Waals surface area (Å²) in [4.78, 5) is 0. The second-order valence-electron chi connectivity index (χ2n) is 10.1. The van der Waals surface area contributed by atoms with Crippen molar-refractivity contribution in [3.05, 3.63) is 0 Å². The molecule has 1 saturated heterocycles. The number of fused-ring (bicyclic) bond motifs is 1. The number of hydrogen-bond acceptors (Lipinski definition) is 0. The molecule has 1 aliphatic heterocycles. The van der Waals surface area contributed by atoms with E-state index in [-0.39, 0.29) is 0 Å².